The van der Waals surface area contributed by atoms with Crippen LogP contribution in [0.15, 0.2) is 0 Å². The van der Waals surface area contributed by atoms with Crippen molar-refractivity contribution >= 4 is 19.2 Å². The van der Waals surface area contributed by atoms with Crippen LogP contribution in [0.5, 0.6) is 0 Å². The Morgan fingerprint density at radius 3 is 2.50 bits per heavy atom. The number of carboxylic acid groups (broad SMARTS) is 1. The SMILES string of the molecule is CCC[C@H](NC(=O)OCC(C)C)B(O)OCCC(=O)O. The highest BCUT2D eigenvalue weighted by molar-refractivity contribution is 6.45. The van der Waals surface area contributed by atoms with Gasteiger partial charge in [-0.05, 0) is 12.3 Å². The van der Waals surface area contributed by atoms with Gasteiger partial charge in [-0.15, -0.1) is 0 Å². The van der Waals surface area contributed by atoms with Gasteiger partial charge in [-0.1, -0.05) is 27.2 Å². The molecule has 0 aromatic rings. The third-order valence-electron chi connectivity index (χ3n) is 2.40. The van der Waals surface area contributed by atoms with E-state index in [4.69, 9.17) is 14.5 Å². The molecule has 1 amide bonds. The topological polar surface area (TPSA) is 105 Å². The Kier molecular flexibility index (Phi) is 9.84. The number of hydrogen-bond acceptors (Lipinski definition) is 5. The van der Waals surface area contributed by atoms with Gasteiger partial charge in [-0.25, -0.2) is 4.79 Å². The Balaban J connectivity index is 4.18. The predicted molar refractivity (Wildman–Crippen MR) is 74.2 cm³/mol. The highest BCUT2D eigenvalue weighted by Crippen LogP contribution is 2.03. The minimum Gasteiger partial charge on any atom is -0.481 e. The summed E-state index contributed by atoms with van der Waals surface area (Å²) in [7, 11) is -1.25. The van der Waals surface area contributed by atoms with Crippen molar-refractivity contribution in [3.63, 3.8) is 0 Å². The maximum absolute atomic E-state index is 11.5. The minimum atomic E-state index is -1.25. The van der Waals surface area contributed by atoms with Gasteiger partial charge >= 0.3 is 19.2 Å². The number of carbonyl (C=O) groups is 2. The zero-order valence-corrected chi connectivity index (χ0v) is 12.3. The lowest BCUT2D eigenvalue weighted by Gasteiger charge is -2.20. The van der Waals surface area contributed by atoms with Crippen LogP contribution in [0, 0.1) is 5.92 Å². The molecule has 0 aromatic carbocycles. The van der Waals surface area contributed by atoms with Gasteiger partial charge < -0.3 is 24.8 Å². The number of amides is 1. The molecule has 116 valence electrons. The van der Waals surface area contributed by atoms with Crippen molar-refractivity contribution in [1.82, 2.24) is 5.32 Å². The molecule has 0 saturated carbocycles. The Morgan fingerprint density at radius 1 is 1.35 bits per heavy atom. The first-order chi connectivity index (χ1) is 9.36. The number of alkyl carbamates (subject to hydrolysis) is 1. The maximum Gasteiger partial charge on any atom is 0.478 e. The fourth-order valence-corrected chi connectivity index (χ4v) is 1.42. The molecule has 0 aromatic heterocycles. The molecular formula is C12H24BNO6. The van der Waals surface area contributed by atoms with E-state index in [1.54, 1.807) is 0 Å². The smallest absolute Gasteiger partial charge is 0.478 e. The number of hydrogen-bond donors (Lipinski definition) is 3. The van der Waals surface area contributed by atoms with Gasteiger partial charge in [0, 0.05) is 6.61 Å². The van der Waals surface area contributed by atoms with Crippen LogP contribution < -0.4 is 5.32 Å². The van der Waals surface area contributed by atoms with Crippen molar-refractivity contribution in [3.8, 4) is 0 Å². The molecule has 20 heavy (non-hydrogen) atoms. The van der Waals surface area contributed by atoms with E-state index in [-0.39, 0.29) is 18.9 Å². The largest absolute Gasteiger partial charge is 0.481 e. The van der Waals surface area contributed by atoms with Gasteiger partial charge in [0.25, 0.3) is 0 Å². The van der Waals surface area contributed by atoms with E-state index in [0.29, 0.717) is 13.0 Å². The molecule has 0 aliphatic rings. The molecule has 0 spiro atoms. The summed E-state index contributed by atoms with van der Waals surface area (Å²) in [5.41, 5.74) is 0. The molecule has 0 aliphatic heterocycles. The molecule has 0 bridgehead atoms. The first-order valence-electron chi connectivity index (χ1n) is 6.81. The summed E-state index contributed by atoms with van der Waals surface area (Å²) in [5, 5.41) is 20.8. The number of aliphatic carboxylic acids is 1. The van der Waals surface area contributed by atoms with Crippen molar-refractivity contribution in [2.45, 2.75) is 46.0 Å². The number of carboxylic acids is 1. The average Bonchev–Trinajstić information content (AvgIpc) is 2.35. The fraction of sp³-hybridized carbons (Fsp3) is 0.833. The number of carbonyl (C=O) groups excluding carboxylic acids is 1. The molecule has 7 nitrogen and oxygen atoms in total. The van der Waals surface area contributed by atoms with Crippen LogP contribution in [0.4, 0.5) is 4.79 Å². The van der Waals surface area contributed by atoms with Crippen LogP contribution in [0.1, 0.15) is 40.0 Å². The van der Waals surface area contributed by atoms with E-state index in [2.05, 4.69) is 5.32 Å². The lowest BCUT2D eigenvalue weighted by atomic mass is 9.76. The zero-order valence-electron chi connectivity index (χ0n) is 12.3. The van der Waals surface area contributed by atoms with Gasteiger partial charge in [0.15, 0.2) is 0 Å². The van der Waals surface area contributed by atoms with Gasteiger partial charge in [-0.3, -0.25) is 4.79 Å². The predicted octanol–water partition coefficient (Wildman–Crippen LogP) is 1.05. The molecule has 0 heterocycles. The van der Waals surface area contributed by atoms with E-state index in [9.17, 15) is 14.6 Å². The van der Waals surface area contributed by atoms with E-state index in [0.717, 1.165) is 6.42 Å². The second kappa shape index (κ2) is 10.5. The first-order valence-corrected chi connectivity index (χ1v) is 6.81. The third-order valence-corrected chi connectivity index (χ3v) is 2.40. The highest BCUT2D eigenvalue weighted by Gasteiger charge is 2.28. The van der Waals surface area contributed by atoms with E-state index < -0.39 is 25.1 Å². The molecule has 0 rings (SSSR count). The monoisotopic (exact) mass is 289 g/mol. The molecule has 8 heteroatoms. The fourth-order valence-electron chi connectivity index (χ4n) is 1.42. The number of rotatable bonds is 10. The van der Waals surface area contributed by atoms with Crippen molar-refractivity contribution in [1.29, 1.82) is 0 Å². The summed E-state index contributed by atoms with van der Waals surface area (Å²) in [6.45, 7) is 5.92. The number of ether oxygens (including phenoxy) is 1. The molecule has 0 radical (unpaired) electrons. The lowest BCUT2D eigenvalue weighted by molar-refractivity contribution is -0.137. The van der Waals surface area contributed by atoms with Crippen LogP contribution >= 0.6 is 0 Å². The first kappa shape index (κ1) is 18.7. The van der Waals surface area contributed by atoms with Crippen LogP contribution in [-0.4, -0.2) is 48.5 Å². The van der Waals surface area contributed by atoms with Gasteiger partial charge in [0.05, 0.1) is 19.0 Å². The molecule has 3 N–H and O–H groups in total. The second-order valence-electron chi connectivity index (χ2n) is 4.94. The highest BCUT2D eigenvalue weighted by atomic mass is 16.6. The minimum absolute atomic E-state index is 0.112. The standard InChI is InChI=1S/C12H24BNO6/c1-4-5-10(13(18)20-7-6-11(15)16)14-12(17)19-8-9(2)3/h9-10,18H,4-8H2,1-3H3,(H,14,17)(H,15,16)/t10-/m0/s1. The summed E-state index contributed by atoms with van der Waals surface area (Å²) in [5.74, 6) is -1.40. The molecule has 0 fully saturated rings. The summed E-state index contributed by atoms with van der Waals surface area (Å²) >= 11 is 0. The molecule has 1 atom stereocenters. The van der Waals surface area contributed by atoms with Crippen molar-refractivity contribution < 1.29 is 29.1 Å². The van der Waals surface area contributed by atoms with Crippen LogP contribution in [0.25, 0.3) is 0 Å². The van der Waals surface area contributed by atoms with Crippen molar-refractivity contribution in [2.24, 2.45) is 5.92 Å². The Morgan fingerprint density at radius 2 is 2.00 bits per heavy atom. The van der Waals surface area contributed by atoms with Crippen molar-refractivity contribution in [3.05, 3.63) is 0 Å². The summed E-state index contributed by atoms with van der Waals surface area (Å²) < 4.78 is 9.96. The molecule has 0 saturated heterocycles. The van der Waals surface area contributed by atoms with E-state index in [1.807, 2.05) is 20.8 Å². The number of nitrogens with one attached hydrogen (secondary N) is 1. The van der Waals surface area contributed by atoms with E-state index in [1.165, 1.54) is 0 Å². The Bertz CT molecular complexity index is 300. The molecular weight excluding hydrogens is 265 g/mol. The van der Waals surface area contributed by atoms with E-state index >= 15 is 0 Å². The second-order valence-corrected chi connectivity index (χ2v) is 4.94. The van der Waals surface area contributed by atoms with Crippen LogP contribution in [-0.2, 0) is 14.2 Å². The summed E-state index contributed by atoms with van der Waals surface area (Å²) in [4.78, 5) is 21.9. The normalized spacial score (nSPS) is 12.1. The van der Waals surface area contributed by atoms with Crippen LogP contribution in [0.3, 0.4) is 0 Å². The van der Waals surface area contributed by atoms with Crippen LogP contribution in [0.2, 0.25) is 0 Å². The molecule has 0 unspecified atom stereocenters. The average molecular weight is 289 g/mol. The Labute approximate surface area is 119 Å². The lowest BCUT2D eigenvalue weighted by Crippen LogP contribution is -2.48. The maximum atomic E-state index is 11.5. The quantitative estimate of drug-likeness (QED) is 0.519. The zero-order chi connectivity index (χ0) is 15.5. The van der Waals surface area contributed by atoms with Gasteiger partial charge in [0.2, 0.25) is 0 Å². The van der Waals surface area contributed by atoms with Gasteiger partial charge in [0.1, 0.15) is 0 Å². The van der Waals surface area contributed by atoms with Gasteiger partial charge in [-0.2, -0.15) is 0 Å². The molecule has 0 aliphatic carbocycles. The third kappa shape index (κ3) is 9.63. The summed E-state index contributed by atoms with van der Waals surface area (Å²) in [6.07, 6.45) is 0.422. The Hall–Kier alpha value is -1.28. The van der Waals surface area contributed by atoms with Crippen molar-refractivity contribution in [2.75, 3.05) is 13.2 Å². The summed E-state index contributed by atoms with van der Waals surface area (Å²) in [6, 6.07) is 0.